The van der Waals surface area contributed by atoms with Crippen molar-refractivity contribution in [2.75, 3.05) is 13.7 Å². The Balaban J connectivity index is 0.00000196. The minimum Gasteiger partial charge on any atom is -0.496 e. The highest BCUT2D eigenvalue weighted by molar-refractivity contribution is 5.85. The van der Waals surface area contributed by atoms with Crippen molar-refractivity contribution in [2.24, 2.45) is 0 Å². The zero-order valence-electron chi connectivity index (χ0n) is 8.86. The van der Waals surface area contributed by atoms with Gasteiger partial charge in [-0.2, -0.15) is 0 Å². The van der Waals surface area contributed by atoms with Crippen LogP contribution < -0.4 is 4.74 Å². The number of ether oxygens (including phenoxy) is 2. The van der Waals surface area contributed by atoms with Gasteiger partial charge in [0.1, 0.15) is 5.75 Å². The van der Waals surface area contributed by atoms with Crippen molar-refractivity contribution in [3.63, 3.8) is 0 Å². The minimum atomic E-state index is -0.225. The fourth-order valence-electron chi connectivity index (χ4n) is 1.22. The van der Waals surface area contributed by atoms with Crippen LogP contribution in [0.5, 0.6) is 5.75 Å². The smallest absolute Gasteiger partial charge is 0.310 e. The molecule has 0 aromatic heterocycles. The molecule has 1 aromatic rings. The molecule has 0 heterocycles. The number of carbonyl (C=O) groups excluding carboxylic acids is 1. The van der Waals surface area contributed by atoms with Crippen molar-refractivity contribution < 1.29 is 14.3 Å². The Labute approximate surface area is 95.8 Å². The molecule has 4 heteroatoms. The van der Waals surface area contributed by atoms with Gasteiger partial charge in [0, 0.05) is 5.56 Å². The molecule has 0 N–H and O–H groups in total. The third-order valence-corrected chi connectivity index (χ3v) is 1.83. The summed E-state index contributed by atoms with van der Waals surface area (Å²) in [6, 6.07) is 7.43. The second kappa shape index (κ2) is 7.12. The van der Waals surface area contributed by atoms with Gasteiger partial charge in [0.05, 0.1) is 20.1 Å². The Morgan fingerprint density at radius 2 is 2.00 bits per heavy atom. The van der Waals surface area contributed by atoms with E-state index in [4.69, 9.17) is 9.47 Å². The minimum absolute atomic E-state index is 0. The van der Waals surface area contributed by atoms with E-state index in [0.29, 0.717) is 6.61 Å². The van der Waals surface area contributed by atoms with E-state index >= 15 is 0 Å². The van der Waals surface area contributed by atoms with E-state index in [0.717, 1.165) is 11.3 Å². The van der Waals surface area contributed by atoms with Crippen LogP contribution in [0.15, 0.2) is 24.3 Å². The fourth-order valence-corrected chi connectivity index (χ4v) is 1.22. The molecule has 0 fully saturated rings. The number of hydrogen-bond acceptors (Lipinski definition) is 3. The Bertz CT molecular complexity index is 312. The fraction of sp³-hybridized carbons (Fsp3) is 0.364. The Morgan fingerprint density at radius 1 is 1.33 bits per heavy atom. The highest BCUT2D eigenvalue weighted by atomic mass is 35.5. The van der Waals surface area contributed by atoms with Crippen molar-refractivity contribution in [3.05, 3.63) is 29.8 Å². The first-order valence-electron chi connectivity index (χ1n) is 4.55. The van der Waals surface area contributed by atoms with Crippen molar-refractivity contribution in [1.82, 2.24) is 0 Å². The number of benzene rings is 1. The van der Waals surface area contributed by atoms with E-state index in [-0.39, 0.29) is 24.8 Å². The van der Waals surface area contributed by atoms with Gasteiger partial charge in [-0.3, -0.25) is 4.79 Å². The molecule has 0 aliphatic carbocycles. The lowest BCUT2D eigenvalue weighted by atomic mass is 10.1. The zero-order valence-corrected chi connectivity index (χ0v) is 9.67. The molecule has 1 aromatic carbocycles. The van der Waals surface area contributed by atoms with Crippen LogP contribution in [-0.4, -0.2) is 19.7 Å². The standard InChI is InChI=1S/C11H14O3.ClH/c1-3-14-11(12)8-9-6-4-5-7-10(9)13-2;/h4-7H,3,8H2,1-2H3;1H. The molecular weight excluding hydrogens is 216 g/mol. The Morgan fingerprint density at radius 3 is 2.60 bits per heavy atom. The molecule has 0 unspecified atom stereocenters. The summed E-state index contributed by atoms with van der Waals surface area (Å²) in [5, 5.41) is 0. The van der Waals surface area contributed by atoms with Gasteiger partial charge in [0.25, 0.3) is 0 Å². The van der Waals surface area contributed by atoms with Crippen LogP contribution in [0.1, 0.15) is 12.5 Å². The first-order valence-corrected chi connectivity index (χ1v) is 4.55. The maximum atomic E-state index is 11.2. The summed E-state index contributed by atoms with van der Waals surface area (Å²) < 4.78 is 9.97. The van der Waals surface area contributed by atoms with E-state index in [2.05, 4.69) is 0 Å². The summed E-state index contributed by atoms with van der Waals surface area (Å²) in [7, 11) is 1.59. The largest absolute Gasteiger partial charge is 0.496 e. The second-order valence-corrected chi connectivity index (χ2v) is 2.79. The van der Waals surface area contributed by atoms with Crippen LogP contribution in [0.3, 0.4) is 0 Å². The quantitative estimate of drug-likeness (QED) is 0.744. The SMILES string of the molecule is CCOC(=O)Cc1ccccc1OC.Cl. The maximum absolute atomic E-state index is 11.2. The summed E-state index contributed by atoms with van der Waals surface area (Å²) in [5.74, 6) is 0.498. The van der Waals surface area contributed by atoms with Gasteiger partial charge in [-0.05, 0) is 13.0 Å². The number of carbonyl (C=O) groups is 1. The molecule has 0 bridgehead atoms. The molecule has 0 aliphatic heterocycles. The molecule has 0 amide bonds. The van der Waals surface area contributed by atoms with Crippen LogP contribution in [0, 0.1) is 0 Å². The van der Waals surface area contributed by atoms with Crippen LogP contribution in [0.2, 0.25) is 0 Å². The summed E-state index contributed by atoms with van der Waals surface area (Å²) in [4.78, 5) is 11.2. The topological polar surface area (TPSA) is 35.5 Å². The highest BCUT2D eigenvalue weighted by Gasteiger charge is 2.07. The van der Waals surface area contributed by atoms with Crippen LogP contribution in [0.4, 0.5) is 0 Å². The second-order valence-electron chi connectivity index (χ2n) is 2.79. The van der Waals surface area contributed by atoms with Crippen molar-refractivity contribution in [3.8, 4) is 5.75 Å². The lowest BCUT2D eigenvalue weighted by molar-refractivity contribution is -0.142. The number of methoxy groups -OCH3 is 1. The summed E-state index contributed by atoms with van der Waals surface area (Å²) in [5.41, 5.74) is 0.855. The molecule has 0 radical (unpaired) electrons. The van der Waals surface area contributed by atoms with Gasteiger partial charge in [-0.25, -0.2) is 0 Å². The monoisotopic (exact) mass is 230 g/mol. The molecule has 0 aliphatic rings. The Hall–Kier alpha value is -1.22. The molecule has 1 rings (SSSR count). The summed E-state index contributed by atoms with van der Waals surface area (Å²) in [6.45, 7) is 2.20. The average molecular weight is 231 g/mol. The lowest BCUT2D eigenvalue weighted by Gasteiger charge is -2.07. The number of para-hydroxylation sites is 1. The van der Waals surface area contributed by atoms with Gasteiger partial charge in [0.2, 0.25) is 0 Å². The van der Waals surface area contributed by atoms with E-state index < -0.39 is 0 Å². The molecule has 0 saturated heterocycles. The molecule has 0 saturated carbocycles. The van der Waals surface area contributed by atoms with Gasteiger partial charge in [-0.15, -0.1) is 12.4 Å². The number of esters is 1. The van der Waals surface area contributed by atoms with E-state index in [1.54, 1.807) is 14.0 Å². The molecule has 0 spiro atoms. The molecule has 84 valence electrons. The molecule has 3 nitrogen and oxygen atoms in total. The lowest BCUT2D eigenvalue weighted by Crippen LogP contribution is -2.08. The predicted octanol–water partition coefficient (Wildman–Crippen LogP) is 2.22. The number of halogens is 1. The van der Waals surface area contributed by atoms with Crippen molar-refractivity contribution in [2.45, 2.75) is 13.3 Å². The third-order valence-electron chi connectivity index (χ3n) is 1.83. The number of hydrogen-bond donors (Lipinski definition) is 0. The van der Waals surface area contributed by atoms with Gasteiger partial charge < -0.3 is 9.47 Å². The van der Waals surface area contributed by atoms with E-state index in [1.807, 2.05) is 24.3 Å². The van der Waals surface area contributed by atoms with Crippen molar-refractivity contribution >= 4 is 18.4 Å². The zero-order chi connectivity index (χ0) is 10.4. The highest BCUT2D eigenvalue weighted by Crippen LogP contribution is 2.17. The van der Waals surface area contributed by atoms with E-state index in [1.165, 1.54) is 0 Å². The third kappa shape index (κ3) is 4.21. The van der Waals surface area contributed by atoms with Crippen LogP contribution in [-0.2, 0) is 16.0 Å². The molecular formula is C11H15ClO3. The number of rotatable bonds is 4. The predicted molar refractivity (Wildman–Crippen MR) is 60.6 cm³/mol. The molecule has 0 atom stereocenters. The average Bonchev–Trinajstić information content (AvgIpc) is 2.19. The normalized spacial score (nSPS) is 8.93. The summed E-state index contributed by atoms with van der Waals surface area (Å²) in [6.07, 6.45) is 0.262. The van der Waals surface area contributed by atoms with Gasteiger partial charge >= 0.3 is 5.97 Å². The summed E-state index contributed by atoms with van der Waals surface area (Å²) >= 11 is 0. The van der Waals surface area contributed by atoms with Crippen LogP contribution in [0.25, 0.3) is 0 Å². The van der Waals surface area contributed by atoms with E-state index in [9.17, 15) is 4.79 Å². The first-order chi connectivity index (χ1) is 6.77. The Kier molecular flexibility index (Phi) is 6.54. The van der Waals surface area contributed by atoms with Gasteiger partial charge in [0.15, 0.2) is 0 Å². The first kappa shape index (κ1) is 13.8. The van der Waals surface area contributed by atoms with Gasteiger partial charge in [-0.1, -0.05) is 18.2 Å². The maximum Gasteiger partial charge on any atom is 0.310 e. The molecule has 15 heavy (non-hydrogen) atoms. The van der Waals surface area contributed by atoms with Crippen LogP contribution >= 0.6 is 12.4 Å². The van der Waals surface area contributed by atoms with Crippen molar-refractivity contribution in [1.29, 1.82) is 0 Å².